The van der Waals surface area contributed by atoms with Crippen LogP contribution in [0, 0.1) is 6.92 Å². The highest BCUT2D eigenvalue weighted by molar-refractivity contribution is 7.55. The summed E-state index contributed by atoms with van der Waals surface area (Å²) in [5, 5.41) is 9.83. The number of aromatic nitrogens is 5. The fraction of sp³-hybridized carbons (Fsp3) is 0.276. The first kappa shape index (κ1) is 27.7. The Morgan fingerprint density at radius 1 is 1.02 bits per heavy atom. The molecule has 0 fully saturated rings. The van der Waals surface area contributed by atoms with Gasteiger partial charge in [0, 0.05) is 29.8 Å². The Hall–Kier alpha value is -4.85. The molecule has 0 aliphatic heterocycles. The summed E-state index contributed by atoms with van der Waals surface area (Å²) in [6.07, 6.45) is 4.33. The quantitative estimate of drug-likeness (QED) is 0.144. The van der Waals surface area contributed by atoms with Gasteiger partial charge in [-0.25, -0.2) is 23.9 Å². The van der Waals surface area contributed by atoms with Gasteiger partial charge in [0.1, 0.15) is 41.5 Å². The fourth-order valence-corrected chi connectivity index (χ4v) is 5.80. The molecule has 0 saturated carbocycles. The molecule has 3 aromatic heterocycles. The Kier molecular flexibility index (Phi) is 8.26. The number of rotatable bonds is 13. The largest absolute Gasteiger partial charge is 0.494 e. The van der Waals surface area contributed by atoms with E-state index in [-0.39, 0.29) is 41.9 Å². The lowest BCUT2D eigenvalue weighted by Gasteiger charge is -2.21. The van der Waals surface area contributed by atoms with Crippen molar-refractivity contribution in [1.29, 1.82) is 0 Å². The molecule has 0 spiro atoms. The molecule has 1 unspecified atom stereocenters. The number of benzene rings is 2. The van der Waals surface area contributed by atoms with Gasteiger partial charge in [0.05, 0.1) is 48.4 Å². The number of aryl methyl sites for hydroxylation is 1. The van der Waals surface area contributed by atoms with Gasteiger partial charge < -0.3 is 33.9 Å². The van der Waals surface area contributed by atoms with Crippen molar-refractivity contribution in [2.45, 2.75) is 26.7 Å². The van der Waals surface area contributed by atoms with Crippen LogP contribution in [0.3, 0.4) is 0 Å². The van der Waals surface area contributed by atoms with Crippen molar-refractivity contribution in [3.63, 3.8) is 0 Å². The van der Waals surface area contributed by atoms with Crippen LogP contribution >= 0.6 is 7.60 Å². The van der Waals surface area contributed by atoms with E-state index in [2.05, 4.69) is 30.7 Å². The van der Waals surface area contributed by atoms with E-state index in [1.165, 1.54) is 51.8 Å². The monoisotopic (exact) mass is 642 g/mol. The van der Waals surface area contributed by atoms with Gasteiger partial charge >= 0.3 is 7.60 Å². The van der Waals surface area contributed by atoms with E-state index >= 15 is 4.39 Å². The summed E-state index contributed by atoms with van der Waals surface area (Å²) in [5.74, 6) is -2.98. The summed E-state index contributed by atoms with van der Waals surface area (Å²) in [6, 6.07) is 9.27. The van der Waals surface area contributed by atoms with Crippen LogP contribution < -0.4 is 24.8 Å². The molecule has 0 saturated heterocycles. The van der Waals surface area contributed by atoms with Crippen molar-refractivity contribution in [1.82, 2.24) is 24.6 Å². The molecule has 2 N–H and O–H groups in total. The number of pyridine rings is 1. The van der Waals surface area contributed by atoms with Gasteiger partial charge in [-0.15, -0.1) is 0 Å². The van der Waals surface area contributed by atoms with Crippen LogP contribution in [0.2, 0.25) is 0 Å². The van der Waals surface area contributed by atoms with E-state index in [4.69, 9.17) is 27.4 Å². The van der Waals surface area contributed by atoms with Crippen LogP contribution in [0.1, 0.15) is 23.5 Å². The Labute approximate surface area is 261 Å². The van der Waals surface area contributed by atoms with Crippen LogP contribution in [0.5, 0.6) is 23.0 Å². The fourth-order valence-electron chi connectivity index (χ4n) is 4.39. The second kappa shape index (κ2) is 13.4. The van der Waals surface area contributed by atoms with Gasteiger partial charge in [-0.05, 0) is 44.5 Å². The molecule has 1 amide bonds. The van der Waals surface area contributed by atoms with Gasteiger partial charge in [0.25, 0.3) is 11.8 Å². The average Bonchev–Trinajstić information content (AvgIpc) is 3.50. The minimum Gasteiger partial charge on any atom is -0.494 e. The zero-order valence-corrected chi connectivity index (χ0v) is 25.5. The van der Waals surface area contributed by atoms with Crippen molar-refractivity contribution < 1.29 is 41.1 Å². The zero-order chi connectivity index (χ0) is 34.6. The number of carbonyl (C=O) groups excluding carboxylic acids is 1. The maximum atomic E-state index is 15.2. The highest BCUT2D eigenvalue weighted by Crippen LogP contribution is 2.54. The normalized spacial score (nSPS) is 13.5. The number of nitrogens with zero attached hydrogens (tertiary/aromatic N) is 5. The highest BCUT2D eigenvalue weighted by Gasteiger charge is 2.42. The number of alkyl halides is 1. The van der Waals surface area contributed by atoms with Gasteiger partial charge in [0.15, 0.2) is 5.65 Å². The number of methoxy groups -OCH3 is 2. The summed E-state index contributed by atoms with van der Waals surface area (Å²) in [7, 11) is -5.91. The Bertz CT molecular complexity index is 2000. The molecule has 0 aliphatic rings. The van der Waals surface area contributed by atoms with Crippen molar-refractivity contribution in [2.24, 2.45) is 0 Å². The van der Waals surface area contributed by atoms with E-state index in [1.807, 2.05) is 0 Å². The molecule has 16 heteroatoms. The predicted molar refractivity (Wildman–Crippen MR) is 165 cm³/mol. The first-order valence-electron chi connectivity index (χ1n) is 15.1. The maximum absolute atomic E-state index is 15.2. The second-order valence-corrected chi connectivity index (χ2v) is 11.4. The first-order valence-corrected chi connectivity index (χ1v) is 15.2. The van der Waals surface area contributed by atoms with E-state index in [9.17, 15) is 9.36 Å². The van der Waals surface area contributed by atoms with Gasteiger partial charge in [-0.3, -0.25) is 9.36 Å². The van der Waals surface area contributed by atoms with Crippen molar-refractivity contribution >= 4 is 47.2 Å². The molecular weight excluding hydrogens is 608 g/mol. The number of nitrogens with one attached hydrogen (secondary N) is 2. The molecule has 45 heavy (non-hydrogen) atoms. The summed E-state index contributed by atoms with van der Waals surface area (Å²) >= 11 is 0. The standard InChI is InChI=1S/C29H31FN7O7P/c1-6-42-45(39,43-7-2)27(30)29(38)36-22-12-19-20(13-24(22)40-4)31-15-33-28(19)35-21-10-17(3)23(14-25(21)41-5)44-18-8-9-37-26(11-18)32-16-34-37/h8-16,27H,6-7H2,1-5H3,(H,36,38)(H,31,33,35)/i5D3. The van der Waals surface area contributed by atoms with Crippen molar-refractivity contribution in [2.75, 3.05) is 38.0 Å². The zero-order valence-electron chi connectivity index (χ0n) is 27.6. The van der Waals surface area contributed by atoms with Crippen molar-refractivity contribution in [3.8, 4) is 23.0 Å². The first-order chi connectivity index (χ1) is 22.8. The number of amides is 1. The number of halogens is 1. The average molecular weight is 643 g/mol. The van der Waals surface area contributed by atoms with Crippen LogP contribution in [0.4, 0.5) is 21.6 Å². The van der Waals surface area contributed by atoms with E-state index in [1.54, 1.807) is 35.8 Å². The topological polar surface area (TPSA) is 160 Å². The van der Waals surface area contributed by atoms with Crippen LogP contribution in [0.15, 0.2) is 55.2 Å². The molecule has 236 valence electrons. The van der Waals surface area contributed by atoms with Crippen LogP contribution in [-0.4, -0.2) is 63.7 Å². The van der Waals surface area contributed by atoms with Gasteiger partial charge in [-0.2, -0.15) is 5.10 Å². The Morgan fingerprint density at radius 3 is 2.53 bits per heavy atom. The Morgan fingerprint density at radius 2 is 1.80 bits per heavy atom. The molecule has 0 radical (unpaired) electrons. The number of anilines is 3. The lowest BCUT2D eigenvalue weighted by atomic mass is 10.1. The molecular formula is C29H31FN7O7P. The molecule has 5 rings (SSSR count). The smallest absolute Gasteiger partial charge is 0.374 e. The van der Waals surface area contributed by atoms with Crippen LogP contribution in [0.25, 0.3) is 16.6 Å². The number of ether oxygens (including phenoxy) is 3. The minimum atomic E-state index is -4.43. The highest BCUT2D eigenvalue weighted by atomic mass is 31.2. The minimum absolute atomic E-state index is 0.00131. The Balaban J connectivity index is 1.50. The summed E-state index contributed by atoms with van der Waals surface area (Å²) < 4.78 is 79.6. The second-order valence-electron chi connectivity index (χ2n) is 9.36. The molecule has 0 bridgehead atoms. The van der Waals surface area contributed by atoms with E-state index in [0.717, 1.165) is 0 Å². The number of hydrogen-bond donors (Lipinski definition) is 2. The molecule has 5 aromatic rings. The molecule has 14 nitrogen and oxygen atoms in total. The third kappa shape index (κ3) is 6.65. The van der Waals surface area contributed by atoms with Gasteiger partial charge in [0.2, 0.25) is 0 Å². The summed E-state index contributed by atoms with van der Waals surface area (Å²) in [5.41, 5.74) is 1.71. The number of carbonyl (C=O) groups is 1. The predicted octanol–water partition coefficient (Wildman–Crippen LogP) is 6.03. The number of hydrogen-bond acceptors (Lipinski definition) is 12. The summed E-state index contributed by atoms with van der Waals surface area (Å²) in [4.78, 5) is 25.6. The third-order valence-electron chi connectivity index (χ3n) is 6.45. The number of fused-ring (bicyclic) bond motifs is 2. The van der Waals surface area contributed by atoms with E-state index in [0.29, 0.717) is 33.6 Å². The lowest BCUT2D eigenvalue weighted by Crippen LogP contribution is -2.26. The third-order valence-corrected chi connectivity index (χ3v) is 8.47. The maximum Gasteiger partial charge on any atom is 0.374 e. The SMILES string of the molecule is [2H]C([2H])([2H])Oc1cc(Oc2ccn3ncnc3c2)c(C)cc1Nc1ncnc2cc(OC)c(NC(=O)C(F)P(=O)(OCC)OCC)cc12. The molecule has 1 atom stereocenters. The summed E-state index contributed by atoms with van der Waals surface area (Å²) in [6.45, 7) is 4.45. The molecule has 0 aliphatic carbocycles. The molecule has 3 heterocycles. The van der Waals surface area contributed by atoms with E-state index < -0.39 is 26.5 Å². The lowest BCUT2D eigenvalue weighted by molar-refractivity contribution is -0.118. The van der Waals surface area contributed by atoms with Crippen LogP contribution in [-0.2, 0) is 18.4 Å². The van der Waals surface area contributed by atoms with Gasteiger partial charge in [-0.1, -0.05) is 0 Å². The molecule has 2 aromatic carbocycles. The van der Waals surface area contributed by atoms with Crippen molar-refractivity contribution in [3.05, 3.63) is 60.8 Å².